The number of rotatable bonds is 4. The van der Waals surface area contributed by atoms with E-state index >= 15 is 0 Å². The highest BCUT2D eigenvalue weighted by Gasteiger charge is 2.33. The zero-order valence-corrected chi connectivity index (χ0v) is 13.7. The van der Waals surface area contributed by atoms with E-state index in [1.54, 1.807) is 30.1 Å². The number of likely N-dealkylation sites (N-methyl/N-ethyl adjacent to an activating group) is 1. The minimum atomic E-state index is -0.780. The van der Waals surface area contributed by atoms with Gasteiger partial charge in [0.15, 0.2) is 0 Å². The van der Waals surface area contributed by atoms with E-state index in [9.17, 15) is 15.0 Å². The largest absolute Gasteiger partial charge is 0.508 e. The molecule has 4 heteroatoms. The Hall–Kier alpha value is -1.55. The number of hydrogen-bond acceptors (Lipinski definition) is 3. The first-order chi connectivity index (χ1) is 10.4. The van der Waals surface area contributed by atoms with Crippen LogP contribution < -0.4 is 0 Å². The van der Waals surface area contributed by atoms with Crippen molar-refractivity contribution < 1.29 is 15.0 Å². The van der Waals surface area contributed by atoms with Crippen molar-refractivity contribution in [3.8, 4) is 5.75 Å². The fraction of sp³-hybridized carbons (Fsp3) is 0.611. The molecule has 4 atom stereocenters. The Morgan fingerprint density at radius 1 is 1.36 bits per heavy atom. The molecule has 1 unspecified atom stereocenters. The molecule has 0 heterocycles. The second-order valence-electron chi connectivity index (χ2n) is 6.83. The van der Waals surface area contributed by atoms with Crippen LogP contribution in [0, 0.1) is 17.8 Å². The monoisotopic (exact) mass is 305 g/mol. The molecule has 1 aliphatic rings. The van der Waals surface area contributed by atoms with Crippen molar-refractivity contribution in [3.63, 3.8) is 0 Å². The maximum absolute atomic E-state index is 12.7. The van der Waals surface area contributed by atoms with Gasteiger partial charge in [0.2, 0.25) is 5.91 Å². The normalized spacial score (nSPS) is 26.5. The number of aliphatic hydroxyl groups is 1. The number of carbonyl (C=O) groups is 1. The molecule has 1 aromatic carbocycles. The lowest BCUT2D eigenvalue weighted by atomic mass is 9.75. The van der Waals surface area contributed by atoms with Crippen LogP contribution in [0.2, 0.25) is 0 Å². The number of phenols is 1. The van der Waals surface area contributed by atoms with Gasteiger partial charge in [-0.05, 0) is 42.4 Å². The zero-order chi connectivity index (χ0) is 16.3. The molecule has 0 radical (unpaired) electrons. The number of hydrogen-bond donors (Lipinski definition) is 2. The highest BCUT2D eigenvalue weighted by atomic mass is 16.3. The average Bonchev–Trinajstić information content (AvgIpc) is 2.48. The third kappa shape index (κ3) is 4.01. The van der Waals surface area contributed by atoms with Gasteiger partial charge >= 0.3 is 0 Å². The summed E-state index contributed by atoms with van der Waals surface area (Å²) in [6.45, 7) is 4.60. The summed E-state index contributed by atoms with van der Waals surface area (Å²) in [4.78, 5) is 14.3. The number of carbonyl (C=O) groups excluding carboxylic acids is 1. The van der Waals surface area contributed by atoms with Crippen molar-refractivity contribution in [3.05, 3.63) is 29.8 Å². The molecule has 4 nitrogen and oxygen atoms in total. The molecule has 0 aromatic heterocycles. The number of aliphatic hydroxyl groups excluding tert-OH is 1. The quantitative estimate of drug-likeness (QED) is 0.899. The third-order valence-corrected chi connectivity index (χ3v) is 4.85. The first-order valence-corrected chi connectivity index (χ1v) is 8.10. The third-order valence-electron chi connectivity index (χ3n) is 4.85. The van der Waals surface area contributed by atoms with E-state index in [0.717, 1.165) is 12.8 Å². The summed E-state index contributed by atoms with van der Waals surface area (Å²) in [5, 5.41) is 19.8. The van der Waals surface area contributed by atoms with Crippen LogP contribution in [0.5, 0.6) is 5.75 Å². The van der Waals surface area contributed by atoms with Gasteiger partial charge in [-0.3, -0.25) is 4.79 Å². The molecule has 1 aliphatic carbocycles. The fourth-order valence-corrected chi connectivity index (χ4v) is 3.35. The van der Waals surface area contributed by atoms with Gasteiger partial charge in [-0.15, -0.1) is 0 Å². The standard InChI is InChI=1S/C18H27NO3/c1-12-7-8-13(2)16(9-12)18(22)19(3)11-17(21)14-5-4-6-15(20)10-14/h4-6,10,12-13,16-17,20-21H,7-9,11H2,1-3H3/t12-,13-,16-,17?/m1/s1. The molecular weight excluding hydrogens is 278 g/mol. The van der Waals surface area contributed by atoms with Gasteiger partial charge in [-0.25, -0.2) is 0 Å². The van der Waals surface area contributed by atoms with Crippen LogP contribution in [-0.2, 0) is 4.79 Å². The lowest BCUT2D eigenvalue weighted by Crippen LogP contribution is -2.40. The van der Waals surface area contributed by atoms with Gasteiger partial charge in [-0.1, -0.05) is 32.4 Å². The highest BCUT2D eigenvalue weighted by Crippen LogP contribution is 2.34. The molecule has 122 valence electrons. The molecule has 2 rings (SSSR count). The first kappa shape index (κ1) is 16.8. The number of nitrogens with zero attached hydrogens (tertiary/aromatic N) is 1. The second kappa shape index (κ2) is 7.14. The summed E-state index contributed by atoms with van der Waals surface area (Å²) >= 11 is 0. The lowest BCUT2D eigenvalue weighted by Gasteiger charge is -2.34. The molecule has 1 saturated carbocycles. The zero-order valence-electron chi connectivity index (χ0n) is 13.7. The number of amides is 1. The summed E-state index contributed by atoms with van der Waals surface area (Å²) in [6.07, 6.45) is 2.45. The van der Waals surface area contributed by atoms with Crippen LogP contribution in [0.15, 0.2) is 24.3 Å². The summed E-state index contributed by atoms with van der Waals surface area (Å²) in [5.74, 6) is 1.31. The Morgan fingerprint density at radius 3 is 2.77 bits per heavy atom. The first-order valence-electron chi connectivity index (χ1n) is 8.10. The van der Waals surface area contributed by atoms with E-state index in [4.69, 9.17) is 0 Å². The van der Waals surface area contributed by atoms with Crippen molar-refractivity contribution in [2.75, 3.05) is 13.6 Å². The van der Waals surface area contributed by atoms with E-state index in [1.165, 1.54) is 12.5 Å². The van der Waals surface area contributed by atoms with Crippen LogP contribution in [0.25, 0.3) is 0 Å². The molecule has 0 aliphatic heterocycles. The number of phenolic OH excluding ortho intramolecular Hbond substituents is 1. The van der Waals surface area contributed by atoms with Crippen molar-refractivity contribution in [1.82, 2.24) is 4.90 Å². The van der Waals surface area contributed by atoms with Crippen molar-refractivity contribution >= 4 is 5.91 Å². The van der Waals surface area contributed by atoms with Crippen molar-refractivity contribution in [2.24, 2.45) is 17.8 Å². The minimum Gasteiger partial charge on any atom is -0.508 e. The smallest absolute Gasteiger partial charge is 0.225 e. The number of benzene rings is 1. The second-order valence-corrected chi connectivity index (χ2v) is 6.83. The van der Waals surface area contributed by atoms with Crippen LogP contribution in [0.1, 0.15) is 44.8 Å². The molecule has 0 saturated heterocycles. The molecule has 2 N–H and O–H groups in total. The molecule has 1 fully saturated rings. The van der Waals surface area contributed by atoms with Gasteiger partial charge in [-0.2, -0.15) is 0 Å². The summed E-state index contributed by atoms with van der Waals surface area (Å²) in [5.41, 5.74) is 0.629. The van der Waals surface area contributed by atoms with E-state index in [-0.39, 0.29) is 24.1 Å². The maximum Gasteiger partial charge on any atom is 0.225 e. The van der Waals surface area contributed by atoms with E-state index in [0.29, 0.717) is 17.4 Å². The van der Waals surface area contributed by atoms with Crippen LogP contribution >= 0.6 is 0 Å². The summed E-state index contributed by atoms with van der Waals surface area (Å²) in [7, 11) is 1.75. The van der Waals surface area contributed by atoms with Gasteiger partial charge < -0.3 is 15.1 Å². The highest BCUT2D eigenvalue weighted by molar-refractivity contribution is 5.79. The van der Waals surface area contributed by atoms with Gasteiger partial charge in [0.25, 0.3) is 0 Å². The SMILES string of the molecule is C[C@@H]1CC[C@@H](C)[C@H](C(=O)N(C)CC(O)c2cccc(O)c2)C1. The Bertz CT molecular complexity index is 517. The van der Waals surface area contributed by atoms with Crippen molar-refractivity contribution in [2.45, 2.75) is 39.2 Å². The Kier molecular flexibility index (Phi) is 5.46. The molecule has 22 heavy (non-hydrogen) atoms. The van der Waals surface area contributed by atoms with Gasteiger partial charge in [0.1, 0.15) is 5.75 Å². The average molecular weight is 305 g/mol. The minimum absolute atomic E-state index is 0.0603. The maximum atomic E-state index is 12.7. The van der Waals surface area contributed by atoms with E-state index in [2.05, 4.69) is 13.8 Å². The predicted octanol–water partition coefficient (Wildman–Crippen LogP) is 2.96. The Morgan fingerprint density at radius 2 is 2.09 bits per heavy atom. The van der Waals surface area contributed by atoms with Gasteiger partial charge in [0, 0.05) is 13.0 Å². The predicted molar refractivity (Wildman–Crippen MR) is 86.4 cm³/mol. The lowest BCUT2D eigenvalue weighted by molar-refractivity contribution is -0.138. The molecule has 1 aromatic rings. The summed E-state index contributed by atoms with van der Waals surface area (Å²) in [6, 6.07) is 6.55. The van der Waals surface area contributed by atoms with E-state index < -0.39 is 6.10 Å². The molecular formula is C18H27NO3. The van der Waals surface area contributed by atoms with Crippen molar-refractivity contribution in [1.29, 1.82) is 0 Å². The molecule has 0 bridgehead atoms. The Balaban J connectivity index is 1.98. The fourth-order valence-electron chi connectivity index (χ4n) is 3.35. The molecule has 0 spiro atoms. The van der Waals surface area contributed by atoms with E-state index in [1.807, 2.05) is 0 Å². The van der Waals surface area contributed by atoms with Gasteiger partial charge in [0.05, 0.1) is 12.6 Å². The van der Waals surface area contributed by atoms with Crippen LogP contribution in [0.4, 0.5) is 0 Å². The Labute approximate surface area is 132 Å². The molecule has 1 amide bonds. The summed E-state index contributed by atoms with van der Waals surface area (Å²) < 4.78 is 0. The number of aromatic hydroxyl groups is 1. The van der Waals surface area contributed by atoms with Crippen LogP contribution in [0.3, 0.4) is 0 Å². The topological polar surface area (TPSA) is 60.8 Å². The van der Waals surface area contributed by atoms with Crippen LogP contribution in [-0.4, -0.2) is 34.6 Å².